The van der Waals surface area contributed by atoms with Gasteiger partial charge < -0.3 is 5.11 Å². The number of hydrogen-bond acceptors (Lipinski definition) is 1. The van der Waals surface area contributed by atoms with Gasteiger partial charge in [0, 0.05) is 0 Å². The Hall–Kier alpha value is -0.560. The van der Waals surface area contributed by atoms with Crippen molar-refractivity contribution in [2.45, 2.75) is 71.8 Å². The summed E-state index contributed by atoms with van der Waals surface area (Å²) < 4.78 is 0. The number of allylic oxidation sites excluding steroid dienone is 2. The average molecular weight is 236 g/mol. The van der Waals surface area contributed by atoms with E-state index in [4.69, 9.17) is 0 Å². The fourth-order valence-corrected chi connectivity index (χ4v) is 2.30. The quantitative estimate of drug-likeness (QED) is 0.527. The Balaban J connectivity index is 2.43. The predicted molar refractivity (Wildman–Crippen MR) is 75.0 cm³/mol. The molecule has 1 aliphatic rings. The molecule has 17 heavy (non-hydrogen) atoms. The fraction of sp³-hybridized carbons (Fsp3) is 0.750. The summed E-state index contributed by atoms with van der Waals surface area (Å²) in [4.78, 5) is 0. The minimum atomic E-state index is -0.268. The Morgan fingerprint density at radius 3 is 2.41 bits per heavy atom. The van der Waals surface area contributed by atoms with Gasteiger partial charge in [-0.2, -0.15) is 0 Å². The number of rotatable bonds is 6. The van der Waals surface area contributed by atoms with Crippen LogP contribution in [0.4, 0.5) is 0 Å². The van der Waals surface area contributed by atoms with Gasteiger partial charge in [0.1, 0.15) is 0 Å². The van der Waals surface area contributed by atoms with Crippen LogP contribution in [0.2, 0.25) is 0 Å². The average Bonchev–Trinajstić information content (AvgIpc) is 2.63. The normalized spacial score (nSPS) is 25.4. The lowest BCUT2D eigenvalue weighted by Crippen LogP contribution is -2.05. The molecular weight excluding hydrogens is 208 g/mol. The number of hydrogen-bond donors (Lipinski definition) is 1. The molecule has 0 aromatic carbocycles. The van der Waals surface area contributed by atoms with Crippen LogP contribution in [0.25, 0.3) is 0 Å². The maximum atomic E-state index is 10.2. The molecular formula is C16H28O. The van der Waals surface area contributed by atoms with Gasteiger partial charge >= 0.3 is 0 Å². The van der Waals surface area contributed by atoms with Crippen molar-refractivity contribution < 1.29 is 5.11 Å². The minimum absolute atomic E-state index is 0.268. The molecule has 1 N–H and O–H groups in total. The summed E-state index contributed by atoms with van der Waals surface area (Å²) in [6.07, 6.45) is 12.4. The molecule has 0 aromatic rings. The van der Waals surface area contributed by atoms with Crippen molar-refractivity contribution in [2.75, 3.05) is 0 Å². The molecule has 0 aromatic heterocycles. The fourth-order valence-electron chi connectivity index (χ4n) is 2.30. The lowest BCUT2D eigenvalue weighted by molar-refractivity contribution is 0.254. The van der Waals surface area contributed by atoms with E-state index in [1.807, 2.05) is 0 Å². The maximum Gasteiger partial charge on any atom is 0.0961 e. The Morgan fingerprint density at radius 1 is 1.18 bits per heavy atom. The molecule has 1 nitrogen and oxygen atoms in total. The number of unbranched alkanes of at least 4 members (excludes halogenated alkanes) is 3. The van der Waals surface area contributed by atoms with Gasteiger partial charge in [-0.15, -0.1) is 0 Å². The van der Waals surface area contributed by atoms with E-state index in [-0.39, 0.29) is 6.10 Å². The number of aliphatic hydroxyl groups is 1. The molecule has 0 saturated heterocycles. The van der Waals surface area contributed by atoms with Crippen molar-refractivity contribution in [3.8, 4) is 0 Å². The van der Waals surface area contributed by atoms with Gasteiger partial charge in [0.2, 0.25) is 0 Å². The Labute approximate surface area is 107 Å². The first kappa shape index (κ1) is 14.5. The molecule has 1 saturated carbocycles. The Morgan fingerprint density at radius 2 is 1.82 bits per heavy atom. The van der Waals surface area contributed by atoms with Crippen LogP contribution in [0.5, 0.6) is 0 Å². The Kier molecular flexibility index (Phi) is 6.57. The summed E-state index contributed by atoms with van der Waals surface area (Å²) in [5, 5.41) is 10.2. The largest absolute Gasteiger partial charge is 0.384 e. The van der Waals surface area contributed by atoms with Crippen LogP contribution in [-0.2, 0) is 0 Å². The molecule has 0 heterocycles. The van der Waals surface area contributed by atoms with E-state index >= 15 is 0 Å². The third kappa shape index (κ3) is 5.08. The third-order valence-electron chi connectivity index (χ3n) is 3.47. The topological polar surface area (TPSA) is 20.2 Å². The summed E-state index contributed by atoms with van der Waals surface area (Å²) in [6.45, 7) is 6.67. The van der Waals surface area contributed by atoms with Gasteiger partial charge in [-0.05, 0) is 49.2 Å². The van der Waals surface area contributed by atoms with Crippen LogP contribution in [-0.4, -0.2) is 11.2 Å². The van der Waals surface area contributed by atoms with E-state index in [0.29, 0.717) is 5.92 Å². The molecule has 0 bridgehead atoms. The highest BCUT2D eigenvalue weighted by molar-refractivity contribution is 5.30. The van der Waals surface area contributed by atoms with Gasteiger partial charge in [0.15, 0.2) is 0 Å². The molecule has 1 fully saturated rings. The number of aliphatic hydroxyl groups excluding tert-OH is 1. The van der Waals surface area contributed by atoms with E-state index in [0.717, 1.165) is 25.7 Å². The minimum Gasteiger partial charge on any atom is -0.384 e. The van der Waals surface area contributed by atoms with E-state index in [2.05, 4.69) is 32.9 Å². The molecule has 1 heteroatoms. The van der Waals surface area contributed by atoms with Crippen LogP contribution in [0.1, 0.15) is 65.7 Å². The summed E-state index contributed by atoms with van der Waals surface area (Å²) >= 11 is 0. The second kappa shape index (κ2) is 7.71. The highest BCUT2D eigenvalue weighted by atomic mass is 16.3. The zero-order chi connectivity index (χ0) is 12.7. The molecule has 0 amide bonds. The predicted octanol–water partition coefficient (Wildman–Crippen LogP) is 4.62. The zero-order valence-electron chi connectivity index (χ0n) is 11.7. The lowest BCUT2D eigenvalue weighted by atomic mass is 10.0. The van der Waals surface area contributed by atoms with E-state index in [1.165, 1.54) is 30.4 Å². The molecule has 0 spiro atoms. The van der Waals surface area contributed by atoms with Crippen molar-refractivity contribution in [2.24, 2.45) is 5.92 Å². The molecule has 0 radical (unpaired) electrons. The lowest BCUT2D eigenvalue weighted by Gasteiger charge is -2.08. The summed E-state index contributed by atoms with van der Waals surface area (Å²) in [7, 11) is 0. The monoisotopic (exact) mass is 236 g/mol. The summed E-state index contributed by atoms with van der Waals surface area (Å²) in [6, 6.07) is 0. The Bertz CT molecular complexity index is 273. The smallest absolute Gasteiger partial charge is 0.0961 e. The molecule has 0 aliphatic heterocycles. The SMILES string of the molecule is CCCCCC=C1CCC(=CCC(C)C)C1O. The molecule has 1 unspecified atom stereocenters. The van der Waals surface area contributed by atoms with Crippen LogP contribution in [0.3, 0.4) is 0 Å². The van der Waals surface area contributed by atoms with Gasteiger partial charge in [-0.25, -0.2) is 0 Å². The van der Waals surface area contributed by atoms with Crippen molar-refractivity contribution >= 4 is 0 Å². The summed E-state index contributed by atoms with van der Waals surface area (Å²) in [5.74, 6) is 0.687. The van der Waals surface area contributed by atoms with Gasteiger partial charge in [-0.3, -0.25) is 0 Å². The highest BCUT2D eigenvalue weighted by Gasteiger charge is 2.22. The van der Waals surface area contributed by atoms with E-state index in [9.17, 15) is 5.11 Å². The first-order valence-corrected chi connectivity index (χ1v) is 7.21. The molecule has 1 rings (SSSR count). The molecule has 1 aliphatic carbocycles. The van der Waals surface area contributed by atoms with Gasteiger partial charge in [-0.1, -0.05) is 45.8 Å². The standard InChI is InChI=1S/C16H28O/c1-4-5-6-7-8-14-11-12-15(16(14)17)10-9-13(2)3/h8,10,13,16-17H,4-7,9,11-12H2,1-3H3. The van der Waals surface area contributed by atoms with Crippen LogP contribution < -0.4 is 0 Å². The maximum absolute atomic E-state index is 10.2. The van der Waals surface area contributed by atoms with Crippen molar-refractivity contribution in [3.63, 3.8) is 0 Å². The second-order valence-electron chi connectivity index (χ2n) is 5.59. The van der Waals surface area contributed by atoms with E-state index in [1.54, 1.807) is 0 Å². The van der Waals surface area contributed by atoms with Crippen LogP contribution >= 0.6 is 0 Å². The first-order valence-electron chi connectivity index (χ1n) is 7.21. The molecule has 98 valence electrons. The van der Waals surface area contributed by atoms with Gasteiger partial charge in [0.05, 0.1) is 6.10 Å². The third-order valence-corrected chi connectivity index (χ3v) is 3.47. The van der Waals surface area contributed by atoms with Crippen molar-refractivity contribution in [3.05, 3.63) is 23.3 Å². The van der Waals surface area contributed by atoms with Gasteiger partial charge in [0.25, 0.3) is 0 Å². The van der Waals surface area contributed by atoms with Crippen LogP contribution in [0.15, 0.2) is 23.3 Å². The van der Waals surface area contributed by atoms with E-state index < -0.39 is 0 Å². The van der Waals surface area contributed by atoms with Crippen molar-refractivity contribution in [1.29, 1.82) is 0 Å². The van der Waals surface area contributed by atoms with Crippen molar-refractivity contribution in [1.82, 2.24) is 0 Å². The molecule has 1 atom stereocenters. The van der Waals surface area contributed by atoms with Crippen LogP contribution in [0, 0.1) is 5.92 Å². The highest BCUT2D eigenvalue weighted by Crippen LogP contribution is 2.31. The summed E-state index contributed by atoms with van der Waals surface area (Å²) in [5.41, 5.74) is 2.51. The zero-order valence-corrected chi connectivity index (χ0v) is 11.7. The first-order chi connectivity index (χ1) is 8.15. The second-order valence-corrected chi connectivity index (χ2v) is 5.59.